The Labute approximate surface area is 164 Å². The quantitative estimate of drug-likeness (QED) is 0.603. The summed E-state index contributed by atoms with van der Waals surface area (Å²) in [6.07, 6.45) is 4.32. The molecule has 27 heavy (non-hydrogen) atoms. The van der Waals surface area contributed by atoms with Crippen LogP contribution in [0.3, 0.4) is 0 Å². The Morgan fingerprint density at radius 2 is 1.96 bits per heavy atom. The zero-order valence-electron chi connectivity index (χ0n) is 14.5. The van der Waals surface area contributed by atoms with E-state index in [4.69, 9.17) is 4.98 Å². The van der Waals surface area contributed by atoms with Gasteiger partial charge in [-0.15, -0.1) is 0 Å². The molecule has 1 fully saturated rings. The SMILES string of the molecule is O=C1c2cc(F)c(Br)cc2-n2cc(C3CC3)nc2CN1Cc1ccccc1. The maximum atomic E-state index is 14.2. The number of carbonyl (C=O) groups is 1. The Morgan fingerprint density at radius 1 is 1.19 bits per heavy atom. The van der Waals surface area contributed by atoms with E-state index >= 15 is 0 Å². The van der Waals surface area contributed by atoms with Crippen LogP contribution in [0.2, 0.25) is 0 Å². The van der Waals surface area contributed by atoms with Crippen LogP contribution in [0.15, 0.2) is 53.1 Å². The van der Waals surface area contributed by atoms with Crippen LogP contribution in [0, 0.1) is 5.82 Å². The number of benzene rings is 2. The van der Waals surface area contributed by atoms with E-state index in [1.165, 1.54) is 6.07 Å². The van der Waals surface area contributed by atoms with Gasteiger partial charge in [0, 0.05) is 18.7 Å². The van der Waals surface area contributed by atoms with Crippen molar-refractivity contribution in [3.8, 4) is 5.69 Å². The van der Waals surface area contributed by atoms with E-state index in [-0.39, 0.29) is 5.91 Å². The molecule has 6 heteroatoms. The number of rotatable bonds is 3. The average molecular weight is 426 g/mol. The molecule has 0 saturated heterocycles. The Kier molecular flexibility index (Phi) is 3.90. The first-order valence-corrected chi connectivity index (χ1v) is 9.80. The van der Waals surface area contributed by atoms with Crippen LogP contribution in [0.4, 0.5) is 4.39 Å². The topological polar surface area (TPSA) is 38.1 Å². The molecule has 1 aromatic heterocycles. The normalized spacial score (nSPS) is 16.1. The van der Waals surface area contributed by atoms with Crippen LogP contribution >= 0.6 is 15.9 Å². The smallest absolute Gasteiger partial charge is 0.256 e. The van der Waals surface area contributed by atoms with Gasteiger partial charge in [-0.1, -0.05) is 30.3 Å². The van der Waals surface area contributed by atoms with Gasteiger partial charge in [0.2, 0.25) is 0 Å². The lowest BCUT2D eigenvalue weighted by Gasteiger charge is -2.20. The highest BCUT2D eigenvalue weighted by Gasteiger charge is 2.32. The molecule has 0 N–H and O–H groups in total. The van der Waals surface area contributed by atoms with Gasteiger partial charge in [-0.3, -0.25) is 4.79 Å². The number of imidazole rings is 1. The third-order valence-electron chi connectivity index (χ3n) is 5.16. The minimum Gasteiger partial charge on any atom is -0.327 e. The second-order valence-electron chi connectivity index (χ2n) is 7.16. The summed E-state index contributed by atoms with van der Waals surface area (Å²) in [4.78, 5) is 19.8. The maximum absolute atomic E-state index is 14.2. The first-order valence-electron chi connectivity index (χ1n) is 9.01. The summed E-state index contributed by atoms with van der Waals surface area (Å²) in [7, 11) is 0. The van der Waals surface area contributed by atoms with Gasteiger partial charge in [0.1, 0.15) is 11.6 Å². The first kappa shape index (κ1) is 16.7. The fraction of sp³-hybridized carbons (Fsp3) is 0.238. The van der Waals surface area contributed by atoms with E-state index in [0.717, 1.165) is 29.9 Å². The van der Waals surface area contributed by atoms with E-state index in [0.29, 0.717) is 34.7 Å². The number of carbonyl (C=O) groups excluding carboxylic acids is 1. The Morgan fingerprint density at radius 3 is 2.70 bits per heavy atom. The molecule has 0 spiro atoms. The molecule has 0 bridgehead atoms. The molecule has 0 atom stereocenters. The summed E-state index contributed by atoms with van der Waals surface area (Å²) in [5.41, 5.74) is 3.14. The number of nitrogens with zero attached hydrogens (tertiary/aromatic N) is 3. The van der Waals surface area contributed by atoms with Crippen molar-refractivity contribution in [2.45, 2.75) is 31.8 Å². The Hall–Kier alpha value is -2.47. The predicted octanol–water partition coefficient (Wildman–Crippen LogP) is 4.81. The number of fused-ring (bicyclic) bond motifs is 3. The predicted molar refractivity (Wildman–Crippen MR) is 103 cm³/mol. The Balaban J connectivity index is 1.64. The molecule has 2 aliphatic rings. The van der Waals surface area contributed by atoms with E-state index in [9.17, 15) is 9.18 Å². The fourth-order valence-corrected chi connectivity index (χ4v) is 3.92. The van der Waals surface area contributed by atoms with E-state index in [1.807, 2.05) is 41.1 Å². The molecule has 1 saturated carbocycles. The summed E-state index contributed by atoms with van der Waals surface area (Å²) in [5.74, 6) is 0.708. The molecule has 1 aliphatic carbocycles. The first-order chi connectivity index (χ1) is 13.1. The monoisotopic (exact) mass is 425 g/mol. The van der Waals surface area contributed by atoms with Gasteiger partial charge in [0.25, 0.3) is 5.91 Å². The standard InChI is InChI=1S/C21H17BrFN3O/c22-16-9-19-15(8-17(16)23)21(27)25(10-13-4-2-1-3-5-13)12-20-24-18(11-26(19)20)14-6-7-14/h1-5,8-9,11,14H,6-7,10,12H2. The zero-order valence-corrected chi connectivity index (χ0v) is 16.1. The zero-order chi connectivity index (χ0) is 18.5. The Bertz CT molecular complexity index is 1040. The van der Waals surface area contributed by atoms with Crippen molar-refractivity contribution in [3.05, 3.63) is 81.6 Å². The molecule has 1 aliphatic heterocycles. The molecule has 5 rings (SSSR count). The number of amides is 1. The summed E-state index contributed by atoms with van der Waals surface area (Å²) in [6, 6.07) is 12.8. The highest BCUT2D eigenvalue weighted by Crippen LogP contribution is 2.40. The van der Waals surface area contributed by atoms with E-state index in [1.54, 1.807) is 11.0 Å². The number of aromatic nitrogens is 2. The van der Waals surface area contributed by atoms with Crippen molar-refractivity contribution >= 4 is 21.8 Å². The van der Waals surface area contributed by atoms with Crippen molar-refractivity contribution in [1.29, 1.82) is 0 Å². The van der Waals surface area contributed by atoms with Crippen LogP contribution in [0.25, 0.3) is 5.69 Å². The third-order valence-corrected chi connectivity index (χ3v) is 5.77. The van der Waals surface area contributed by atoms with Gasteiger partial charge in [-0.2, -0.15) is 0 Å². The van der Waals surface area contributed by atoms with Crippen molar-refractivity contribution < 1.29 is 9.18 Å². The number of hydrogen-bond acceptors (Lipinski definition) is 2. The lowest BCUT2D eigenvalue weighted by molar-refractivity contribution is 0.0730. The highest BCUT2D eigenvalue weighted by molar-refractivity contribution is 9.10. The van der Waals surface area contributed by atoms with Gasteiger partial charge < -0.3 is 9.47 Å². The molecule has 4 nitrogen and oxygen atoms in total. The van der Waals surface area contributed by atoms with Crippen LogP contribution in [-0.2, 0) is 13.1 Å². The van der Waals surface area contributed by atoms with E-state index in [2.05, 4.69) is 15.9 Å². The second-order valence-corrected chi connectivity index (χ2v) is 8.01. The van der Waals surface area contributed by atoms with Gasteiger partial charge >= 0.3 is 0 Å². The van der Waals surface area contributed by atoms with Crippen molar-refractivity contribution in [2.75, 3.05) is 0 Å². The molecule has 2 aromatic carbocycles. The number of halogens is 2. The van der Waals surface area contributed by atoms with Gasteiger partial charge in [-0.25, -0.2) is 9.37 Å². The minimum atomic E-state index is -0.437. The molecule has 0 unspecified atom stereocenters. The molecule has 136 valence electrons. The average Bonchev–Trinajstić information content (AvgIpc) is 3.45. The van der Waals surface area contributed by atoms with Gasteiger partial charge in [-0.05, 0) is 46.5 Å². The maximum Gasteiger partial charge on any atom is 0.256 e. The molecule has 0 radical (unpaired) electrons. The fourth-order valence-electron chi connectivity index (χ4n) is 3.59. The lowest BCUT2D eigenvalue weighted by Crippen LogP contribution is -2.29. The molecular formula is C21H17BrFN3O. The van der Waals surface area contributed by atoms with Crippen LogP contribution in [0.1, 0.15) is 46.2 Å². The second kappa shape index (κ2) is 6.30. The molecule has 3 aromatic rings. The minimum absolute atomic E-state index is 0.182. The largest absolute Gasteiger partial charge is 0.327 e. The summed E-state index contributed by atoms with van der Waals surface area (Å²) in [5, 5.41) is 0. The van der Waals surface area contributed by atoms with Crippen molar-refractivity contribution in [2.24, 2.45) is 0 Å². The summed E-state index contributed by atoms with van der Waals surface area (Å²) < 4.78 is 16.5. The van der Waals surface area contributed by atoms with Crippen LogP contribution in [-0.4, -0.2) is 20.4 Å². The van der Waals surface area contributed by atoms with Gasteiger partial charge in [0.15, 0.2) is 0 Å². The van der Waals surface area contributed by atoms with Crippen molar-refractivity contribution in [3.63, 3.8) is 0 Å². The van der Waals surface area contributed by atoms with Crippen LogP contribution in [0.5, 0.6) is 0 Å². The summed E-state index contributed by atoms with van der Waals surface area (Å²) >= 11 is 3.25. The van der Waals surface area contributed by atoms with Crippen molar-refractivity contribution in [1.82, 2.24) is 14.5 Å². The number of hydrogen-bond donors (Lipinski definition) is 0. The lowest BCUT2D eigenvalue weighted by atomic mass is 10.1. The third kappa shape index (κ3) is 2.98. The van der Waals surface area contributed by atoms with Crippen LogP contribution < -0.4 is 0 Å². The molecule has 1 amide bonds. The molecule has 2 heterocycles. The molecular weight excluding hydrogens is 409 g/mol. The highest BCUT2D eigenvalue weighted by atomic mass is 79.9. The van der Waals surface area contributed by atoms with E-state index < -0.39 is 5.82 Å². The summed E-state index contributed by atoms with van der Waals surface area (Å²) in [6.45, 7) is 0.858. The van der Waals surface area contributed by atoms with Gasteiger partial charge in [0.05, 0.1) is 28.0 Å².